The molecule has 0 spiro atoms. The Morgan fingerprint density at radius 1 is 0.794 bits per heavy atom. The lowest BCUT2D eigenvalue weighted by atomic mass is 9.98. The lowest BCUT2D eigenvalue weighted by Crippen LogP contribution is -2.60. The Hall–Kier alpha value is -2.20. The summed E-state index contributed by atoms with van der Waals surface area (Å²) in [6.07, 6.45) is -2.36. The van der Waals surface area contributed by atoms with E-state index in [4.69, 9.17) is 28.4 Å². The topological polar surface area (TPSA) is 95.8 Å². The van der Waals surface area contributed by atoms with Gasteiger partial charge in [-0.3, -0.25) is 0 Å². The van der Waals surface area contributed by atoms with Gasteiger partial charge in [0.2, 0.25) is 0 Å². The van der Waals surface area contributed by atoms with Gasteiger partial charge in [-0.2, -0.15) is 0 Å². The third-order valence-electron chi connectivity index (χ3n) is 5.78. The molecule has 8 heteroatoms. The Kier molecular flexibility index (Phi) is 10.6. The largest absolute Gasteiger partial charge is 0.497 e. The second-order valence-electron chi connectivity index (χ2n) is 8.19. The van der Waals surface area contributed by atoms with Gasteiger partial charge in [0.25, 0.3) is 0 Å². The van der Waals surface area contributed by atoms with Crippen LogP contribution in [-0.2, 0) is 32.2 Å². The van der Waals surface area contributed by atoms with E-state index < -0.39 is 30.7 Å². The molecule has 2 aromatic carbocycles. The van der Waals surface area contributed by atoms with Gasteiger partial charge in [0.1, 0.15) is 35.9 Å². The number of aliphatic hydroxyl groups is 2. The minimum absolute atomic E-state index is 0.244. The number of methoxy groups -OCH3 is 2. The highest BCUT2D eigenvalue weighted by atomic mass is 16.7. The zero-order chi connectivity index (χ0) is 24.3. The lowest BCUT2D eigenvalue weighted by Gasteiger charge is -2.43. The molecule has 188 valence electrons. The van der Waals surface area contributed by atoms with E-state index in [1.807, 2.05) is 48.5 Å². The second kappa shape index (κ2) is 13.6. The highest BCUT2D eigenvalue weighted by molar-refractivity contribution is 5.27. The first kappa shape index (κ1) is 26.4. The van der Waals surface area contributed by atoms with Crippen molar-refractivity contribution in [3.8, 4) is 11.5 Å². The number of benzene rings is 2. The maximum atomic E-state index is 10.9. The van der Waals surface area contributed by atoms with Gasteiger partial charge in [-0.15, -0.1) is 0 Å². The van der Waals surface area contributed by atoms with Gasteiger partial charge in [0.15, 0.2) is 6.29 Å². The molecule has 3 rings (SSSR count). The van der Waals surface area contributed by atoms with Crippen molar-refractivity contribution in [3.05, 3.63) is 59.7 Å². The molecule has 34 heavy (non-hydrogen) atoms. The molecule has 0 aliphatic carbocycles. The molecule has 1 aliphatic heterocycles. The van der Waals surface area contributed by atoms with Crippen molar-refractivity contribution in [2.75, 3.05) is 27.4 Å². The van der Waals surface area contributed by atoms with Crippen LogP contribution in [0.15, 0.2) is 48.5 Å². The number of hydrogen-bond acceptors (Lipinski definition) is 8. The minimum Gasteiger partial charge on any atom is -0.497 e. The fourth-order valence-corrected chi connectivity index (χ4v) is 3.72. The zero-order valence-corrected chi connectivity index (χ0v) is 20.1. The Morgan fingerprint density at radius 3 is 1.79 bits per heavy atom. The van der Waals surface area contributed by atoms with Crippen LogP contribution in [0, 0.1) is 0 Å². The molecule has 0 bridgehead atoms. The number of hydrogen-bond donors (Lipinski definition) is 2. The highest BCUT2D eigenvalue weighted by Crippen LogP contribution is 2.29. The average molecular weight is 477 g/mol. The van der Waals surface area contributed by atoms with Crippen LogP contribution in [0.2, 0.25) is 0 Å². The summed E-state index contributed by atoms with van der Waals surface area (Å²) in [5.74, 6) is 1.51. The van der Waals surface area contributed by atoms with Crippen LogP contribution in [0.25, 0.3) is 0 Å². The first-order chi connectivity index (χ1) is 16.6. The van der Waals surface area contributed by atoms with E-state index in [1.165, 1.54) is 0 Å². The first-order valence-electron chi connectivity index (χ1n) is 11.6. The molecular weight excluding hydrogens is 440 g/mol. The molecule has 0 radical (unpaired) electrons. The lowest BCUT2D eigenvalue weighted by molar-refractivity contribution is -0.319. The average Bonchev–Trinajstić information content (AvgIpc) is 2.88. The Labute approximate surface area is 201 Å². The molecule has 1 saturated heterocycles. The van der Waals surface area contributed by atoms with Crippen molar-refractivity contribution < 1.29 is 38.6 Å². The summed E-state index contributed by atoms with van der Waals surface area (Å²) in [6, 6.07) is 15.0. The minimum atomic E-state index is -1.09. The molecule has 2 aromatic rings. The van der Waals surface area contributed by atoms with Crippen molar-refractivity contribution in [3.63, 3.8) is 0 Å². The van der Waals surface area contributed by atoms with Gasteiger partial charge in [0.05, 0.1) is 34.0 Å². The van der Waals surface area contributed by atoms with Gasteiger partial charge < -0.3 is 38.6 Å². The van der Waals surface area contributed by atoms with Crippen molar-refractivity contribution in [1.29, 1.82) is 0 Å². The SMILES string of the molecule is CCCCO[C@@H]1O[C@H](CO)[C@H](O)[C@H](OCc2ccc(OC)cc2)[C@H]1OCc1ccc(OC)cc1. The predicted octanol–water partition coefficient (Wildman–Crippen LogP) is 3.07. The highest BCUT2D eigenvalue weighted by Gasteiger charge is 2.47. The van der Waals surface area contributed by atoms with Gasteiger partial charge in [-0.1, -0.05) is 37.6 Å². The van der Waals surface area contributed by atoms with Crippen molar-refractivity contribution >= 4 is 0 Å². The summed E-state index contributed by atoms with van der Waals surface area (Å²) in [6.45, 7) is 2.70. The maximum Gasteiger partial charge on any atom is 0.186 e. The second-order valence-corrected chi connectivity index (χ2v) is 8.19. The fourth-order valence-electron chi connectivity index (χ4n) is 3.72. The van der Waals surface area contributed by atoms with Crippen molar-refractivity contribution in [2.24, 2.45) is 0 Å². The van der Waals surface area contributed by atoms with Crippen LogP contribution in [0.4, 0.5) is 0 Å². The fraction of sp³-hybridized carbons (Fsp3) is 0.538. The van der Waals surface area contributed by atoms with Crippen LogP contribution in [0.1, 0.15) is 30.9 Å². The summed E-state index contributed by atoms with van der Waals surface area (Å²) in [7, 11) is 3.23. The van der Waals surface area contributed by atoms with E-state index in [0.29, 0.717) is 6.61 Å². The number of unbranched alkanes of at least 4 members (excludes halogenated alkanes) is 1. The van der Waals surface area contributed by atoms with E-state index in [1.54, 1.807) is 14.2 Å². The third kappa shape index (κ3) is 7.15. The van der Waals surface area contributed by atoms with Crippen LogP contribution < -0.4 is 9.47 Å². The van der Waals surface area contributed by atoms with E-state index in [9.17, 15) is 10.2 Å². The molecule has 0 amide bonds. The molecule has 0 unspecified atom stereocenters. The van der Waals surface area contributed by atoms with Crippen LogP contribution in [0.3, 0.4) is 0 Å². The third-order valence-corrected chi connectivity index (χ3v) is 5.78. The predicted molar refractivity (Wildman–Crippen MR) is 126 cm³/mol. The summed E-state index contributed by atoms with van der Waals surface area (Å²) in [5, 5.41) is 20.7. The number of ether oxygens (including phenoxy) is 6. The van der Waals surface area contributed by atoms with Crippen LogP contribution in [0.5, 0.6) is 11.5 Å². The normalized spacial score (nSPS) is 24.7. The smallest absolute Gasteiger partial charge is 0.186 e. The standard InChI is InChI=1S/C26H36O8/c1-4-5-14-31-26-25(33-17-19-8-12-21(30-3)13-9-19)24(23(28)22(15-27)34-26)32-16-18-6-10-20(29-2)11-7-18/h6-13,22-28H,4-5,14-17H2,1-3H3/t22-,23+,24+,25-,26-/m1/s1. The van der Waals surface area contributed by atoms with E-state index in [2.05, 4.69) is 6.92 Å². The van der Waals surface area contributed by atoms with E-state index in [-0.39, 0.29) is 19.8 Å². The number of aliphatic hydroxyl groups excluding tert-OH is 2. The van der Waals surface area contributed by atoms with Gasteiger partial charge >= 0.3 is 0 Å². The Bertz CT molecular complexity index is 826. The summed E-state index contributed by atoms with van der Waals surface area (Å²) < 4.78 is 34.6. The van der Waals surface area contributed by atoms with Crippen molar-refractivity contribution in [1.82, 2.24) is 0 Å². The zero-order valence-electron chi connectivity index (χ0n) is 20.1. The number of rotatable bonds is 13. The summed E-state index contributed by atoms with van der Waals surface area (Å²) >= 11 is 0. The van der Waals surface area contributed by atoms with Crippen molar-refractivity contribution in [2.45, 2.75) is 63.7 Å². The first-order valence-corrected chi connectivity index (χ1v) is 11.6. The van der Waals surface area contributed by atoms with E-state index >= 15 is 0 Å². The Balaban J connectivity index is 1.75. The molecule has 1 heterocycles. The molecule has 1 fully saturated rings. The maximum absolute atomic E-state index is 10.9. The monoisotopic (exact) mass is 476 g/mol. The molecule has 0 saturated carbocycles. The molecule has 8 nitrogen and oxygen atoms in total. The quantitative estimate of drug-likeness (QED) is 0.426. The summed E-state index contributed by atoms with van der Waals surface area (Å²) in [5.41, 5.74) is 1.85. The van der Waals surface area contributed by atoms with Crippen LogP contribution >= 0.6 is 0 Å². The molecule has 5 atom stereocenters. The van der Waals surface area contributed by atoms with Gasteiger partial charge in [-0.25, -0.2) is 0 Å². The molecule has 1 aliphatic rings. The molecular formula is C26H36O8. The molecule has 0 aromatic heterocycles. The van der Waals surface area contributed by atoms with E-state index in [0.717, 1.165) is 35.5 Å². The summed E-state index contributed by atoms with van der Waals surface area (Å²) in [4.78, 5) is 0. The Morgan fingerprint density at radius 2 is 1.32 bits per heavy atom. The van der Waals surface area contributed by atoms with Gasteiger partial charge in [-0.05, 0) is 41.8 Å². The van der Waals surface area contributed by atoms with Gasteiger partial charge in [0, 0.05) is 6.61 Å². The molecule has 2 N–H and O–H groups in total. The van der Waals surface area contributed by atoms with Crippen LogP contribution in [-0.4, -0.2) is 68.4 Å².